The van der Waals surface area contributed by atoms with Gasteiger partial charge in [-0.2, -0.15) is 0 Å². The molecular formula is C8H9ClO4. The third-order valence-electron chi connectivity index (χ3n) is 2.68. The highest BCUT2D eigenvalue weighted by molar-refractivity contribution is 6.21. The first-order chi connectivity index (χ1) is 6.09. The number of aliphatic hydroxyl groups excluding tert-OH is 1. The van der Waals surface area contributed by atoms with E-state index in [-0.39, 0.29) is 6.42 Å². The lowest BCUT2D eigenvalue weighted by molar-refractivity contribution is -0.153. The summed E-state index contributed by atoms with van der Waals surface area (Å²) in [5.74, 6) is -1.92. The number of carbonyl (C=O) groups is 2. The number of cyclic esters (lactones) is 2. The fourth-order valence-corrected chi connectivity index (χ4v) is 2.20. The van der Waals surface area contributed by atoms with Gasteiger partial charge in [-0.05, 0) is 12.8 Å². The van der Waals surface area contributed by atoms with Gasteiger partial charge < -0.3 is 9.84 Å². The Morgan fingerprint density at radius 2 is 1.77 bits per heavy atom. The Morgan fingerprint density at radius 1 is 1.23 bits per heavy atom. The quantitative estimate of drug-likeness (QED) is 0.345. The average Bonchev–Trinajstić information content (AvgIpc) is 2.31. The molecule has 0 spiro atoms. The molecule has 2 rings (SSSR count). The first-order valence-electron chi connectivity index (χ1n) is 4.17. The first kappa shape index (κ1) is 8.97. The Bertz CT molecular complexity index is 239. The van der Waals surface area contributed by atoms with Gasteiger partial charge in [0.1, 0.15) is 0 Å². The number of hydrogen-bond acceptors (Lipinski definition) is 4. The number of hydrogen-bond donors (Lipinski definition) is 1. The molecule has 1 saturated carbocycles. The van der Waals surface area contributed by atoms with Crippen molar-refractivity contribution in [2.24, 2.45) is 11.8 Å². The molecule has 72 valence electrons. The number of carbonyl (C=O) groups excluding carboxylic acids is 2. The number of fused-ring (bicyclic) bond motifs is 1. The predicted molar refractivity (Wildman–Crippen MR) is 43.0 cm³/mol. The van der Waals surface area contributed by atoms with Crippen LogP contribution in [0.25, 0.3) is 0 Å². The normalized spacial score (nSPS) is 44.5. The molecule has 1 aliphatic heterocycles. The molecule has 2 fully saturated rings. The molecule has 0 bridgehead atoms. The summed E-state index contributed by atoms with van der Waals surface area (Å²) in [5, 5.41) is 8.93. The van der Waals surface area contributed by atoms with Crippen molar-refractivity contribution in [2.45, 2.75) is 24.3 Å². The van der Waals surface area contributed by atoms with Crippen molar-refractivity contribution in [1.29, 1.82) is 0 Å². The molecule has 1 heterocycles. The summed E-state index contributed by atoms with van der Waals surface area (Å²) in [5.41, 5.74) is 0. The van der Waals surface area contributed by atoms with Crippen LogP contribution in [0.3, 0.4) is 0 Å². The SMILES string of the molecule is O=C1OC(=O)C2CC(Cl)C(O)CC12. The van der Waals surface area contributed by atoms with Gasteiger partial charge in [-0.1, -0.05) is 0 Å². The van der Waals surface area contributed by atoms with Crippen LogP contribution in [0.2, 0.25) is 0 Å². The largest absolute Gasteiger partial charge is 0.393 e. The van der Waals surface area contributed by atoms with Crippen LogP contribution >= 0.6 is 11.6 Å². The molecule has 4 atom stereocenters. The van der Waals surface area contributed by atoms with E-state index in [1.165, 1.54) is 0 Å². The highest BCUT2D eigenvalue weighted by Crippen LogP contribution is 2.38. The van der Waals surface area contributed by atoms with Crippen molar-refractivity contribution in [2.75, 3.05) is 0 Å². The molecule has 5 heteroatoms. The van der Waals surface area contributed by atoms with Gasteiger partial charge in [0.25, 0.3) is 0 Å². The van der Waals surface area contributed by atoms with E-state index in [4.69, 9.17) is 11.6 Å². The fourth-order valence-electron chi connectivity index (χ4n) is 1.91. The highest BCUT2D eigenvalue weighted by Gasteiger charge is 2.49. The van der Waals surface area contributed by atoms with Gasteiger partial charge >= 0.3 is 11.9 Å². The number of aliphatic hydroxyl groups is 1. The molecular weight excluding hydrogens is 196 g/mol. The Labute approximate surface area is 79.8 Å². The first-order valence-corrected chi connectivity index (χ1v) is 4.61. The maximum absolute atomic E-state index is 11.1. The second-order valence-corrected chi connectivity index (χ2v) is 4.07. The second-order valence-electron chi connectivity index (χ2n) is 3.51. The summed E-state index contributed by atoms with van der Waals surface area (Å²) in [6.45, 7) is 0. The van der Waals surface area contributed by atoms with Crippen LogP contribution in [0.5, 0.6) is 0 Å². The van der Waals surface area contributed by atoms with Crippen LogP contribution in [0.4, 0.5) is 0 Å². The summed E-state index contributed by atoms with van der Waals surface area (Å²) in [6.07, 6.45) is -0.136. The molecule has 4 nitrogen and oxygen atoms in total. The summed E-state index contributed by atoms with van der Waals surface area (Å²) < 4.78 is 4.46. The predicted octanol–water partition coefficient (Wildman–Crippen LogP) is 0.0643. The third-order valence-corrected chi connectivity index (χ3v) is 3.15. The maximum Gasteiger partial charge on any atom is 0.317 e. The third kappa shape index (κ3) is 1.34. The van der Waals surface area contributed by atoms with Crippen LogP contribution in [0.1, 0.15) is 12.8 Å². The lowest BCUT2D eigenvalue weighted by Crippen LogP contribution is -2.37. The topological polar surface area (TPSA) is 63.6 Å². The van der Waals surface area contributed by atoms with Gasteiger partial charge in [0.05, 0.1) is 23.3 Å². The molecule has 13 heavy (non-hydrogen) atoms. The van der Waals surface area contributed by atoms with Crippen molar-refractivity contribution >= 4 is 23.5 Å². The molecule has 0 aromatic heterocycles. The van der Waals surface area contributed by atoms with E-state index >= 15 is 0 Å². The van der Waals surface area contributed by atoms with E-state index in [0.717, 1.165) is 0 Å². The summed E-state index contributed by atoms with van der Waals surface area (Å²) in [6, 6.07) is 0. The van der Waals surface area contributed by atoms with Gasteiger partial charge in [-0.25, -0.2) is 0 Å². The van der Waals surface area contributed by atoms with Crippen LogP contribution in [-0.4, -0.2) is 28.5 Å². The van der Waals surface area contributed by atoms with Crippen molar-refractivity contribution in [3.05, 3.63) is 0 Å². The minimum Gasteiger partial charge on any atom is -0.393 e. The molecule has 1 saturated heterocycles. The van der Waals surface area contributed by atoms with E-state index in [2.05, 4.69) is 4.74 Å². The zero-order valence-electron chi connectivity index (χ0n) is 6.77. The van der Waals surface area contributed by atoms with Gasteiger partial charge in [0.15, 0.2) is 0 Å². The average molecular weight is 205 g/mol. The minimum atomic E-state index is -0.707. The Kier molecular flexibility index (Phi) is 2.04. The number of halogens is 1. The molecule has 0 radical (unpaired) electrons. The smallest absolute Gasteiger partial charge is 0.317 e. The number of esters is 2. The van der Waals surface area contributed by atoms with Crippen LogP contribution in [0.15, 0.2) is 0 Å². The standard InChI is InChI=1S/C8H9ClO4/c9-5-1-3-4(2-6(5)10)8(12)13-7(3)11/h3-6,10H,1-2H2. The van der Waals surface area contributed by atoms with Gasteiger partial charge in [-0.3, -0.25) is 9.59 Å². The molecule has 0 aromatic rings. The second kappa shape index (κ2) is 2.96. The van der Waals surface area contributed by atoms with Crippen molar-refractivity contribution < 1.29 is 19.4 Å². The maximum atomic E-state index is 11.1. The van der Waals surface area contributed by atoms with Crippen molar-refractivity contribution in [1.82, 2.24) is 0 Å². The lowest BCUT2D eigenvalue weighted by atomic mass is 9.79. The monoisotopic (exact) mass is 204 g/mol. The molecule has 2 aliphatic rings. The lowest BCUT2D eigenvalue weighted by Gasteiger charge is -2.28. The van der Waals surface area contributed by atoms with Crippen LogP contribution in [-0.2, 0) is 14.3 Å². The molecule has 4 unspecified atom stereocenters. The number of ether oxygens (including phenoxy) is 1. The van der Waals surface area contributed by atoms with Crippen molar-refractivity contribution in [3.8, 4) is 0 Å². The zero-order chi connectivity index (χ0) is 9.59. The van der Waals surface area contributed by atoms with Gasteiger partial charge in [0, 0.05) is 0 Å². The van der Waals surface area contributed by atoms with Crippen molar-refractivity contribution in [3.63, 3.8) is 0 Å². The van der Waals surface area contributed by atoms with E-state index in [0.29, 0.717) is 6.42 Å². The highest BCUT2D eigenvalue weighted by atomic mass is 35.5. The number of alkyl halides is 1. The fraction of sp³-hybridized carbons (Fsp3) is 0.750. The summed E-state index contributed by atoms with van der Waals surface area (Å²) in [4.78, 5) is 22.2. The molecule has 0 amide bonds. The summed E-state index contributed by atoms with van der Waals surface area (Å²) >= 11 is 5.78. The van der Waals surface area contributed by atoms with Gasteiger partial charge in [-0.15, -0.1) is 11.6 Å². The Hall–Kier alpha value is -0.610. The molecule has 1 N–H and O–H groups in total. The van der Waals surface area contributed by atoms with Gasteiger partial charge in [0.2, 0.25) is 0 Å². The van der Waals surface area contributed by atoms with E-state index in [1.54, 1.807) is 0 Å². The molecule has 1 aliphatic carbocycles. The Balaban J connectivity index is 2.19. The Morgan fingerprint density at radius 3 is 2.38 bits per heavy atom. The molecule has 0 aromatic carbocycles. The number of rotatable bonds is 0. The van der Waals surface area contributed by atoms with Crippen LogP contribution < -0.4 is 0 Å². The minimum absolute atomic E-state index is 0.239. The zero-order valence-corrected chi connectivity index (χ0v) is 7.53. The summed E-state index contributed by atoms with van der Waals surface area (Å²) in [7, 11) is 0. The van der Waals surface area contributed by atoms with Crippen LogP contribution in [0, 0.1) is 11.8 Å². The van der Waals surface area contributed by atoms with E-state index < -0.39 is 35.3 Å². The van der Waals surface area contributed by atoms with E-state index in [9.17, 15) is 14.7 Å². The van der Waals surface area contributed by atoms with E-state index in [1.807, 2.05) is 0 Å².